The molecule has 0 aliphatic heterocycles. The maximum atomic E-state index is 9.38. The molecule has 29 heavy (non-hydrogen) atoms. The van der Waals surface area contributed by atoms with Gasteiger partial charge in [0.25, 0.3) is 0 Å². The molecule has 0 saturated heterocycles. The summed E-state index contributed by atoms with van der Waals surface area (Å²) in [6.07, 6.45) is 2.21. The summed E-state index contributed by atoms with van der Waals surface area (Å²) in [5.74, 6) is 0.631. The van der Waals surface area contributed by atoms with Crippen molar-refractivity contribution in [1.82, 2.24) is 19.7 Å². The molecule has 0 amide bonds. The van der Waals surface area contributed by atoms with E-state index in [0.717, 1.165) is 40.1 Å². The number of H-pyrrole nitrogens is 1. The standard InChI is InChI=1S/C23H18N6/c1-4-19-21(25-2)20(22(29(19)3)23-26-14-27-28-23)16-11-9-15(10-12-16)18-8-6-5-7-17(18)13-24/h5-12,14H,4H2,1,3H3,(H,26,27,28). The van der Waals surface area contributed by atoms with Crippen LogP contribution < -0.4 is 0 Å². The van der Waals surface area contributed by atoms with Gasteiger partial charge in [0.1, 0.15) is 6.33 Å². The largest absolute Gasteiger partial charge is 0.355 e. The first-order valence-corrected chi connectivity index (χ1v) is 9.24. The van der Waals surface area contributed by atoms with Gasteiger partial charge in [0.2, 0.25) is 5.69 Å². The second kappa shape index (κ2) is 7.46. The predicted molar refractivity (Wildman–Crippen MR) is 112 cm³/mol. The number of aromatic nitrogens is 4. The molecule has 4 aromatic rings. The number of rotatable bonds is 4. The van der Waals surface area contributed by atoms with Crippen LogP contribution in [0.15, 0.2) is 54.9 Å². The zero-order valence-electron chi connectivity index (χ0n) is 16.1. The number of nitriles is 1. The van der Waals surface area contributed by atoms with Crippen molar-refractivity contribution < 1.29 is 0 Å². The number of nitrogens with one attached hydrogen (secondary N) is 1. The fourth-order valence-electron chi connectivity index (χ4n) is 3.76. The van der Waals surface area contributed by atoms with Crippen molar-refractivity contribution in [3.8, 4) is 39.8 Å². The molecule has 2 aromatic carbocycles. The molecule has 0 saturated carbocycles. The molecule has 1 N–H and O–H groups in total. The van der Waals surface area contributed by atoms with E-state index in [9.17, 15) is 5.26 Å². The van der Waals surface area contributed by atoms with Crippen LogP contribution in [-0.4, -0.2) is 19.7 Å². The summed E-state index contributed by atoms with van der Waals surface area (Å²) >= 11 is 0. The van der Waals surface area contributed by atoms with Crippen LogP contribution in [0.1, 0.15) is 18.2 Å². The van der Waals surface area contributed by atoms with E-state index in [4.69, 9.17) is 6.57 Å². The zero-order chi connectivity index (χ0) is 20.4. The molecule has 140 valence electrons. The fourth-order valence-corrected chi connectivity index (χ4v) is 3.76. The van der Waals surface area contributed by atoms with Crippen molar-refractivity contribution in [2.45, 2.75) is 13.3 Å². The van der Waals surface area contributed by atoms with Crippen LogP contribution in [0.25, 0.3) is 38.6 Å². The molecule has 0 bridgehead atoms. The van der Waals surface area contributed by atoms with E-state index in [1.165, 1.54) is 6.33 Å². The van der Waals surface area contributed by atoms with Crippen molar-refractivity contribution in [3.05, 3.63) is 77.5 Å². The highest BCUT2D eigenvalue weighted by Gasteiger charge is 2.24. The quantitative estimate of drug-likeness (QED) is 0.500. The lowest BCUT2D eigenvalue weighted by molar-refractivity contribution is 0.841. The van der Waals surface area contributed by atoms with Crippen LogP contribution >= 0.6 is 0 Å². The van der Waals surface area contributed by atoms with Crippen molar-refractivity contribution in [3.63, 3.8) is 0 Å². The van der Waals surface area contributed by atoms with Crippen LogP contribution in [-0.2, 0) is 13.5 Å². The number of hydrogen-bond acceptors (Lipinski definition) is 3. The summed E-state index contributed by atoms with van der Waals surface area (Å²) in [7, 11) is 1.95. The molecule has 6 heteroatoms. The fraction of sp³-hybridized carbons (Fsp3) is 0.130. The van der Waals surface area contributed by atoms with E-state index in [-0.39, 0.29) is 0 Å². The summed E-state index contributed by atoms with van der Waals surface area (Å²) in [5.41, 5.74) is 6.69. The third-order valence-electron chi connectivity index (χ3n) is 5.11. The van der Waals surface area contributed by atoms with Gasteiger partial charge in [-0.15, -0.1) is 0 Å². The highest BCUT2D eigenvalue weighted by molar-refractivity contribution is 5.92. The van der Waals surface area contributed by atoms with Crippen LogP contribution in [0, 0.1) is 17.9 Å². The molecule has 0 aliphatic carbocycles. The average molecular weight is 378 g/mol. The first kappa shape index (κ1) is 18.2. The van der Waals surface area contributed by atoms with Crippen LogP contribution in [0.4, 0.5) is 5.69 Å². The maximum absolute atomic E-state index is 9.38. The van der Waals surface area contributed by atoms with E-state index in [1.54, 1.807) is 0 Å². The van der Waals surface area contributed by atoms with E-state index >= 15 is 0 Å². The highest BCUT2D eigenvalue weighted by Crippen LogP contribution is 2.43. The van der Waals surface area contributed by atoms with Crippen LogP contribution in [0.2, 0.25) is 0 Å². The maximum Gasteiger partial charge on any atom is 0.215 e. The van der Waals surface area contributed by atoms with Crippen molar-refractivity contribution in [1.29, 1.82) is 5.26 Å². The summed E-state index contributed by atoms with van der Waals surface area (Å²) < 4.78 is 2.02. The van der Waals surface area contributed by atoms with Gasteiger partial charge in [-0.1, -0.05) is 49.4 Å². The van der Waals surface area contributed by atoms with E-state index < -0.39 is 0 Å². The lowest BCUT2D eigenvalue weighted by atomic mass is 9.96. The zero-order valence-corrected chi connectivity index (χ0v) is 16.1. The normalized spacial score (nSPS) is 10.5. The van der Waals surface area contributed by atoms with Crippen molar-refractivity contribution in [2.75, 3.05) is 0 Å². The average Bonchev–Trinajstić information content (AvgIpc) is 3.39. The van der Waals surface area contributed by atoms with Gasteiger partial charge in [0.05, 0.1) is 23.9 Å². The van der Waals surface area contributed by atoms with Gasteiger partial charge in [-0.25, -0.2) is 9.83 Å². The summed E-state index contributed by atoms with van der Waals surface area (Å²) in [6.45, 7) is 9.81. The monoisotopic (exact) mass is 378 g/mol. The first-order valence-electron chi connectivity index (χ1n) is 9.24. The molecule has 0 atom stereocenters. The lowest BCUT2D eigenvalue weighted by Crippen LogP contribution is -1.98. The minimum absolute atomic E-state index is 0.631. The Morgan fingerprint density at radius 2 is 1.86 bits per heavy atom. The molecule has 0 radical (unpaired) electrons. The van der Waals surface area contributed by atoms with E-state index in [0.29, 0.717) is 17.1 Å². The molecule has 4 rings (SSSR count). The second-order valence-electron chi connectivity index (χ2n) is 6.61. The number of aromatic amines is 1. The van der Waals surface area contributed by atoms with Gasteiger partial charge in [-0.3, -0.25) is 5.10 Å². The minimum atomic E-state index is 0.631. The van der Waals surface area contributed by atoms with E-state index in [1.807, 2.05) is 67.1 Å². The molecule has 6 nitrogen and oxygen atoms in total. The summed E-state index contributed by atoms with van der Waals surface area (Å²) in [5, 5.41) is 16.3. The van der Waals surface area contributed by atoms with Crippen LogP contribution in [0.5, 0.6) is 0 Å². The SMILES string of the molecule is [C-]#[N+]c1c(-c2ccc(-c3ccccc3C#N)cc2)c(-c2ncn[nH]2)n(C)c1CC. The predicted octanol–water partition coefficient (Wildman–Crippen LogP) is 5.13. The van der Waals surface area contributed by atoms with Gasteiger partial charge >= 0.3 is 0 Å². The molecule has 0 fully saturated rings. The highest BCUT2D eigenvalue weighted by atomic mass is 15.2. The minimum Gasteiger partial charge on any atom is -0.355 e. The molecular formula is C23H18N6. The van der Waals surface area contributed by atoms with Gasteiger partial charge in [0, 0.05) is 18.3 Å². The lowest BCUT2D eigenvalue weighted by Gasteiger charge is -2.09. The first-order chi connectivity index (χ1) is 14.2. The molecule has 0 spiro atoms. The summed E-state index contributed by atoms with van der Waals surface area (Å²) in [6, 6.07) is 17.7. The van der Waals surface area contributed by atoms with Crippen molar-refractivity contribution >= 4 is 5.69 Å². The number of benzene rings is 2. The van der Waals surface area contributed by atoms with Crippen LogP contribution in [0.3, 0.4) is 0 Å². The Hall–Kier alpha value is -4.16. The third kappa shape index (κ3) is 2.97. The van der Waals surface area contributed by atoms with Gasteiger partial charge < -0.3 is 4.57 Å². The van der Waals surface area contributed by atoms with Gasteiger partial charge in [0.15, 0.2) is 5.82 Å². The molecule has 2 aromatic heterocycles. The van der Waals surface area contributed by atoms with Crippen molar-refractivity contribution in [2.24, 2.45) is 7.05 Å². The number of nitrogens with zero attached hydrogens (tertiary/aromatic N) is 5. The molecular weight excluding hydrogens is 360 g/mol. The molecule has 0 aliphatic rings. The Labute approximate surface area is 168 Å². The van der Waals surface area contributed by atoms with E-state index in [2.05, 4.69) is 26.1 Å². The Morgan fingerprint density at radius 3 is 2.48 bits per heavy atom. The topological polar surface area (TPSA) is 74.7 Å². The Bertz CT molecular complexity index is 1250. The smallest absolute Gasteiger partial charge is 0.215 e. The number of hydrogen-bond donors (Lipinski definition) is 1. The Kier molecular flexibility index (Phi) is 4.68. The second-order valence-corrected chi connectivity index (χ2v) is 6.61. The third-order valence-corrected chi connectivity index (χ3v) is 5.11. The Balaban J connectivity index is 1.90. The molecule has 0 unspecified atom stereocenters. The summed E-state index contributed by atoms with van der Waals surface area (Å²) in [4.78, 5) is 8.16. The molecule has 2 heterocycles. The Morgan fingerprint density at radius 1 is 1.14 bits per heavy atom. The van der Waals surface area contributed by atoms with Gasteiger partial charge in [-0.2, -0.15) is 10.4 Å². The van der Waals surface area contributed by atoms with Gasteiger partial charge in [-0.05, 0) is 29.2 Å².